The minimum atomic E-state index is -1.41. The van der Waals surface area contributed by atoms with Crippen LogP contribution in [0.1, 0.15) is 26.0 Å². The molecule has 13 heteroatoms. The fraction of sp³-hybridized carbons (Fsp3) is 0.444. The van der Waals surface area contributed by atoms with Gasteiger partial charge in [-0.3, -0.25) is 14.8 Å². The Bertz CT molecular complexity index is 1020. The van der Waals surface area contributed by atoms with Gasteiger partial charge in [0.2, 0.25) is 5.95 Å². The van der Waals surface area contributed by atoms with E-state index in [1.54, 1.807) is 19.4 Å². The van der Waals surface area contributed by atoms with E-state index in [2.05, 4.69) is 31.1 Å². The molecule has 166 valence electrons. The number of carbonyl (C=O) groups excluding carboxylic acids is 1. The predicted molar refractivity (Wildman–Crippen MR) is 109 cm³/mol. The van der Waals surface area contributed by atoms with Crippen molar-refractivity contribution in [3.05, 3.63) is 30.6 Å². The molecule has 4 atom stereocenters. The minimum Gasteiger partial charge on any atom is -0.468 e. The zero-order chi connectivity index (χ0) is 22.0. The van der Waals surface area contributed by atoms with Crippen molar-refractivity contribution in [3.63, 3.8) is 0 Å². The number of hydrazine groups is 1. The number of nitrogens with two attached hydrogens (primary N) is 1. The summed E-state index contributed by atoms with van der Waals surface area (Å²) in [6.45, 7) is 2.11. The normalized spacial score (nSPS) is 26.7. The molecule has 0 unspecified atom stereocenters. The van der Waals surface area contributed by atoms with E-state index in [1.165, 1.54) is 10.9 Å². The number of nitrogens with one attached hydrogen (secondary N) is 3. The summed E-state index contributed by atoms with van der Waals surface area (Å²) >= 11 is 0. The molecule has 0 saturated carbocycles. The molecule has 7 N–H and O–H groups in total. The van der Waals surface area contributed by atoms with Crippen LogP contribution in [0.25, 0.3) is 11.2 Å². The van der Waals surface area contributed by atoms with Crippen LogP contribution in [0.3, 0.4) is 0 Å². The summed E-state index contributed by atoms with van der Waals surface area (Å²) in [4.78, 5) is 24.8. The third-order valence-electron chi connectivity index (χ3n) is 4.86. The topological polar surface area (TPSA) is 182 Å². The maximum atomic E-state index is 12.1. The number of imidazole rings is 1. The first kappa shape index (κ1) is 20.8. The molecule has 1 saturated heterocycles. The number of rotatable bonds is 6. The van der Waals surface area contributed by atoms with Gasteiger partial charge in [-0.25, -0.2) is 4.98 Å². The number of aromatic nitrogens is 4. The highest BCUT2D eigenvalue weighted by molar-refractivity contribution is 5.83. The lowest BCUT2D eigenvalue weighted by atomic mass is 10.1. The van der Waals surface area contributed by atoms with Crippen LogP contribution in [0.4, 0.5) is 11.8 Å². The van der Waals surface area contributed by atoms with Crippen LogP contribution >= 0.6 is 0 Å². The number of nitrogens with zero attached hydrogens (tertiary/aromatic N) is 4. The second-order valence-corrected chi connectivity index (χ2v) is 6.99. The van der Waals surface area contributed by atoms with Gasteiger partial charge in [-0.05, 0) is 19.4 Å². The summed E-state index contributed by atoms with van der Waals surface area (Å²) in [7, 11) is 0. The van der Waals surface area contributed by atoms with Gasteiger partial charge in [0.05, 0.1) is 18.8 Å². The first-order valence-electron chi connectivity index (χ1n) is 9.81. The van der Waals surface area contributed by atoms with Gasteiger partial charge in [0.15, 0.2) is 23.8 Å². The number of allylic oxidation sites excluding steroid dienone is 2. The zero-order valence-corrected chi connectivity index (χ0v) is 16.7. The molecule has 31 heavy (non-hydrogen) atoms. The lowest BCUT2D eigenvalue weighted by molar-refractivity contribution is -0.137. The van der Waals surface area contributed by atoms with E-state index in [9.17, 15) is 15.0 Å². The third kappa shape index (κ3) is 4.10. The number of anilines is 2. The van der Waals surface area contributed by atoms with E-state index >= 15 is 0 Å². The predicted octanol–water partition coefficient (Wildman–Crippen LogP) is -0.754. The summed E-state index contributed by atoms with van der Waals surface area (Å²) in [6, 6.07) is 0. The van der Waals surface area contributed by atoms with Gasteiger partial charge in [-0.15, -0.1) is 0 Å². The number of aliphatic hydroxyl groups excluding tert-OH is 2. The van der Waals surface area contributed by atoms with E-state index in [1.807, 2.05) is 6.08 Å². The van der Waals surface area contributed by atoms with E-state index in [-0.39, 0.29) is 22.9 Å². The monoisotopic (exact) mass is 432 g/mol. The molecule has 2 aromatic rings. The Morgan fingerprint density at radius 2 is 2.23 bits per heavy atom. The molecule has 2 aromatic heterocycles. The Kier molecular flexibility index (Phi) is 5.88. The van der Waals surface area contributed by atoms with Crippen LogP contribution in [0.5, 0.6) is 0 Å². The van der Waals surface area contributed by atoms with Gasteiger partial charge in [-0.1, -0.05) is 0 Å². The summed E-state index contributed by atoms with van der Waals surface area (Å²) in [6.07, 6.45) is 3.07. The SMILES string of the molecule is CCNC(=O)[C@H]1O[C@@H](n2cnc3c(N)nc(NNC=C4CCC=CO4)nc32)[C@H](O)[C@@H]1O. The second kappa shape index (κ2) is 8.75. The van der Waals surface area contributed by atoms with Crippen molar-refractivity contribution >= 4 is 28.8 Å². The highest BCUT2D eigenvalue weighted by Crippen LogP contribution is 2.32. The number of carbonyl (C=O) groups is 1. The first-order valence-corrected chi connectivity index (χ1v) is 9.81. The minimum absolute atomic E-state index is 0.103. The van der Waals surface area contributed by atoms with Gasteiger partial charge in [0, 0.05) is 13.0 Å². The van der Waals surface area contributed by atoms with Gasteiger partial charge in [0.25, 0.3) is 5.91 Å². The average Bonchev–Trinajstić information content (AvgIpc) is 3.31. The van der Waals surface area contributed by atoms with Crippen molar-refractivity contribution < 1.29 is 24.5 Å². The Morgan fingerprint density at radius 3 is 2.97 bits per heavy atom. The van der Waals surface area contributed by atoms with Crippen molar-refractivity contribution in [3.8, 4) is 0 Å². The molecular weight excluding hydrogens is 408 g/mol. The van der Waals surface area contributed by atoms with Crippen LogP contribution in [-0.4, -0.2) is 60.5 Å². The fourth-order valence-corrected chi connectivity index (χ4v) is 3.34. The fourth-order valence-electron chi connectivity index (χ4n) is 3.34. The molecule has 2 aliphatic heterocycles. The molecule has 0 bridgehead atoms. The number of ether oxygens (including phenoxy) is 2. The largest absolute Gasteiger partial charge is 0.468 e. The van der Waals surface area contributed by atoms with Crippen molar-refractivity contribution in [2.75, 3.05) is 17.7 Å². The number of hydrogen-bond donors (Lipinski definition) is 6. The Hall–Kier alpha value is -3.42. The summed E-state index contributed by atoms with van der Waals surface area (Å²) in [5.74, 6) is 0.463. The zero-order valence-electron chi connectivity index (χ0n) is 16.7. The van der Waals surface area contributed by atoms with Crippen LogP contribution < -0.4 is 21.9 Å². The van der Waals surface area contributed by atoms with E-state index in [0.717, 1.165) is 18.6 Å². The Morgan fingerprint density at radius 1 is 1.39 bits per heavy atom. The highest BCUT2D eigenvalue weighted by atomic mass is 16.6. The molecule has 0 radical (unpaired) electrons. The molecular formula is C18H24N8O5. The molecule has 0 spiro atoms. The second-order valence-electron chi connectivity index (χ2n) is 6.99. The van der Waals surface area contributed by atoms with Crippen molar-refractivity contribution in [2.45, 2.75) is 44.3 Å². The quantitative estimate of drug-likeness (QED) is 0.316. The van der Waals surface area contributed by atoms with Gasteiger partial charge < -0.3 is 36.2 Å². The summed E-state index contributed by atoms with van der Waals surface area (Å²) < 4.78 is 12.4. The van der Waals surface area contributed by atoms with E-state index in [0.29, 0.717) is 6.54 Å². The molecule has 1 amide bonds. The number of amides is 1. The van der Waals surface area contributed by atoms with Crippen molar-refractivity contribution in [1.29, 1.82) is 0 Å². The number of aliphatic hydroxyl groups is 2. The Balaban J connectivity index is 1.56. The van der Waals surface area contributed by atoms with E-state index < -0.39 is 30.4 Å². The molecule has 0 aromatic carbocycles. The molecule has 13 nitrogen and oxygen atoms in total. The van der Waals surface area contributed by atoms with Crippen LogP contribution in [0, 0.1) is 0 Å². The van der Waals surface area contributed by atoms with Gasteiger partial charge in [0.1, 0.15) is 23.5 Å². The Labute approximate surface area is 176 Å². The molecule has 4 heterocycles. The molecule has 4 rings (SSSR count). The molecule has 0 aliphatic carbocycles. The van der Waals surface area contributed by atoms with Crippen molar-refractivity contribution in [2.24, 2.45) is 0 Å². The van der Waals surface area contributed by atoms with Gasteiger partial charge in [-0.2, -0.15) is 9.97 Å². The maximum absolute atomic E-state index is 12.1. The lowest BCUT2D eigenvalue weighted by Gasteiger charge is -2.17. The number of fused-ring (bicyclic) bond motifs is 1. The summed E-state index contributed by atoms with van der Waals surface area (Å²) in [5.41, 5.74) is 12.2. The number of hydrogen-bond acceptors (Lipinski definition) is 11. The van der Waals surface area contributed by atoms with Crippen LogP contribution in [0.15, 0.2) is 30.6 Å². The van der Waals surface area contributed by atoms with Crippen LogP contribution in [0.2, 0.25) is 0 Å². The smallest absolute Gasteiger partial charge is 0.252 e. The van der Waals surface area contributed by atoms with Gasteiger partial charge >= 0.3 is 0 Å². The third-order valence-corrected chi connectivity index (χ3v) is 4.86. The molecule has 2 aliphatic rings. The highest BCUT2D eigenvalue weighted by Gasteiger charge is 2.47. The standard InChI is InChI=1S/C18H24N8O5/c1-2-20-16(29)13-11(27)12(28)17(31-13)26-8-21-10-14(19)23-18(24-15(10)26)25-22-7-9-5-3-4-6-30-9/h4,6-8,11-13,17,22,27-28H,2-3,5H2,1H3,(H,20,29)(H3,19,23,24,25)/t11-,12+,13-,17+/m0/s1. The maximum Gasteiger partial charge on any atom is 0.252 e. The first-order chi connectivity index (χ1) is 15.0. The van der Waals surface area contributed by atoms with Crippen molar-refractivity contribution in [1.82, 2.24) is 30.3 Å². The molecule has 1 fully saturated rings. The van der Waals surface area contributed by atoms with Crippen LogP contribution in [-0.2, 0) is 14.3 Å². The lowest BCUT2D eigenvalue weighted by Crippen LogP contribution is -2.42. The average molecular weight is 432 g/mol. The van der Waals surface area contributed by atoms with E-state index in [4.69, 9.17) is 15.2 Å². The number of nitrogen functional groups attached to an aromatic ring is 1. The summed E-state index contributed by atoms with van der Waals surface area (Å²) in [5, 5.41) is 23.3. The number of likely N-dealkylation sites (N-methyl/N-ethyl adjacent to an activating group) is 1.